The summed E-state index contributed by atoms with van der Waals surface area (Å²) < 4.78 is 21.5. The molecule has 1 aromatic carbocycles. The van der Waals surface area contributed by atoms with Crippen molar-refractivity contribution in [2.75, 3.05) is 54.2 Å². The molecular weight excluding hydrogens is 270 g/mol. The van der Waals surface area contributed by atoms with Crippen LogP contribution in [0.25, 0.3) is 0 Å². The Morgan fingerprint density at radius 2 is 1.76 bits per heavy atom. The smallest absolute Gasteiger partial charge is 0.118 e. The minimum absolute atomic E-state index is 0.0171. The molecule has 0 bridgehead atoms. The predicted molar refractivity (Wildman–Crippen MR) is 82.9 cm³/mol. The highest BCUT2D eigenvalue weighted by Gasteiger charge is 2.11. The topological polar surface area (TPSA) is 49.0 Å². The molecule has 0 aliphatic rings. The number of benzene rings is 1. The van der Waals surface area contributed by atoms with Gasteiger partial charge in [-0.3, -0.25) is 0 Å². The molecular formula is C16H27NO4. The van der Waals surface area contributed by atoms with Gasteiger partial charge in [-0.25, -0.2) is 0 Å². The van der Waals surface area contributed by atoms with E-state index in [9.17, 15) is 0 Å². The van der Waals surface area contributed by atoms with Crippen molar-refractivity contribution in [2.45, 2.75) is 12.5 Å². The number of ether oxygens (including phenoxy) is 4. The Balaban J connectivity index is 2.32. The van der Waals surface area contributed by atoms with Gasteiger partial charge in [0.2, 0.25) is 0 Å². The quantitative estimate of drug-likeness (QED) is 0.598. The third-order valence-corrected chi connectivity index (χ3v) is 3.06. The summed E-state index contributed by atoms with van der Waals surface area (Å²) in [6.07, 6.45) is 0.929. The number of nitrogens with one attached hydrogen (secondary N) is 1. The highest BCUT2D eigenvalue weighted by atomic mass is 16.5. The van der Waals surface area contributed by atoms with Crippen LogP contribution in [0.5, 0.6) is 5.75 Å². The summed E-state index contributed by atoms with van der Waals surface area (Å²) in [6, 6.07) is 7.95. The van der Waals surface area contributed by atoms with Gasteiger partial charge in [-0.1, -0.05) is 12.1 Å². The van der Waals surface area contributed by atoms with Gasteiger partial charge in [-0.05, 0) is 31.2 Å². The van der Waals surface area contributed by atoms with E-state index in [4.69, 9.17) is 18.9 Å². The zero-order valence-corrected chi connectivity index (χ0v) is 13.3. The summed E-state index contributed by atoms with van der Waals surface area (Å²) >= 11 is 0. The molecule has 1 atom stereocenters. The number of rotatable bonds is 12. The first-order chi connectivity index (χ1) is 10.3. The van der Waals surface area contributed by atoms with Gasteiger partial charge in [0, 0.05) is 26.9 Å². The van der Waals surface area contributed by atoms with Gasteiger partial charge < -0.3 is 24.3 Å². The number of likely N-dealkylation sites (N-methyl/N-ethyl adjacent to an activating group) is 1. The maximum atomic E-state index is 5.89. The van der Waals surface area contributed by atoms with Gasteiger partial charge >= 0.3 is 0 Å². The fourth-order valence-corrected chi connectivity index (χ4v) is 1.93. The molecule has 0 aliphatic carbocycles. The van der Waals surface area contributed by atoms with Gasteiger partial charge in [0.15, 0.2) is 0 Å². The second-order valence-electron chi connectivity index (χ2n) is 4.65. The SMILES string of the molecule is CNCC(OCCOCCCOC)c1ccc(OC)cc1. The molecule has 0 aliphatic heterocycles. The maximum Gasteiger partial charge on any atom is 0.118 e. The van der Waals surface area contributed by atoms with Crippen LogP contribution in [0.2, 0.25) is 0 Å². The molecule has 0 radical (unpaired) electrons. The number of hydrogen-bond donors (Lipinski definition) is 1. The second kappa shape index (κ2) is 11.5. The molecule has 21 heavy (non-hydrogen) atoms. The van der Waals surface area contributed by atoms with E-state index in [1.165, 1.54) is 0 Å². The van der Waals surface area contributed by atoms with E-state index in [0.29, 0.717) is 19.8 Å². The third-order valence-electron chi connectivity index (χ3n) is 3.06. The van der Waals surface area contributed by atoms with Crippen LogP contribution < -0.4 is 10.1 Å². The van der Waals surface area contributed by atoms with Gasteiger partial charge in [0.1, 0.15) is 5.75 Å². The standard InChI is InChI=1S/C16H27NO4/c1-17-13-16(14-5-7-15(19-3)8-6-14)21-12-11-20-10-4-9-18-2/h5-8,16-17H,4,9-13H2,1-3H3. The molecule has 1 unspecified atom stereocenters. The molecule has 0 spiro atoms. The van der Waals surface area contributed by atoms with E-state index in [2.05, 4.69) is 5.32 Å². The first-order valence-electron chi connectivity index (χ1n) is 7.28. The van der Waals surface area contributed by atoms with Gasteiger partial charge in [0.05, 0.1) is 26.4 Å². The van der Waals surface area contributed by atoms with Gasteiger partial charge in [0.25, 0.3) is 0 Å². The first-order valence-corrected chi connectivity index (χ1v) is 7.28. The molecule has 120 valence electrons. The summed E-state index contributed by atoms with van der Waals surface area (Å²) in [5.41, 5.74) is 1.13. The van der Waals surface area contributed by atoms with Gasteiger partial charge in [-0.2, -0.15) is 0 Å². The van der Waals surface area contributed by atoms with Crippen LogP contribution in [-0.4, -0.2) is 54.2 Å². The Bertz CT molecular complexity index is 356. The molecule has 1 N–H and O–H groups in total. The molecule has 0 saturated heterocycles. The summed E-state index contributed by atoms with van der Waals surface area (Å²) in [6.45, 7) is 3.37. The van der Waals surface area contributed by atoms with Crippen LogP contribution in [0.4, 0.5) is 0 Å². The molecule has 5 nitrogen and oxygen atoms in total. The van der Waals surface area contributed by atoms with Crippen LogP contribution in [0, 0.1) is 0 Å². The van der Waals surface area contributed by atoms with Crippen LogP contribution in [0.1, 0.15) is 18.1 Å². The van der Waals surface area contributed by atoms with Crippen LogP contribution in [0.3, 0.4) is 0 Å². The van der Waals surface area contributed by atoms with Crippen molar-refractivity contribution in [1.82, 2.24) is 5.32 Å². The Morgan fingerprint density at radius 3 is 2.38 bits per heavy atom. The van der Waals surface area contributed by atoms with Crippen LogP contribution in [0.15, 0.2) is 24.3 Å². The molecule has 1 rings (SSSR count). The highest BCUT2D eigenvalue weighted by Crippen LogP contribution is 2.20. The van der Waals surface area contributed by atoms with E-state index >= 15 is 0 Å². The summed E-state index contributed by atoms with van der Waals surface area (Å²) in [5.74, 6) is 0.850. The second-order valence-corrected chi connectivity index (χ2v) is 4.65. The molecule has 0 amide bonds. The molecule has 0 heterocycles. The van der Waals surface area contributed by atoms with Crippen molar-refractivity contribution in [3.05, 3.63) is 29.8 Å². The fraction of sp³-hybridized carbons (Fsp3) is 0.625. The Morgan fingerprint density at radius 1 is 1.00 bits per heavy atom. The third kappa shape index (κ3) is 7.43. The molecule has 0 fully saturated rings. The lowest BCUT2D eigenvalue weighted by Crippen LogP contribution is -2.21. The lowest BCUT2D eigenvalue weighted by atomic mass is 10.1. The van der Waals surface area contributed by atoms with E-state index in [-0.39, 0.29) is 6.10 Å². The Labute approximate surface area is 127 Å². The van der Waals surface area contributed by atoms with E-state index in [1.807, 2.05) is 31.3 Å². The molecule has 0 aromatic heterocycles. The van der Waals surface area contributed by atoms with E-state index in [1.54, 1.807) is 14.2 Å². The van der Waals surface area contributed by atoms with Crippen molar-refractivity contribution >= 4 is 0 Å². The highest BCUT2D eigenvalue weighted by molar-refractivity contribution is 5.28. The first kappa shape index (κ1) is 17.9. The predicted octanol–water partition coefficient (Wildman–Crippen LogP) is 2.03. The monoisotopic (exact) mass is 297 g/mol. The summed E-state index contributed by atoms with van der Waals surface area (Å²) in [5, 5.41) is 3.15. The van der Waals surface area contributed by atoms with E-state index < -0.39 is 0 Å². The Kier molecular flexibility index (Phi) is 9.82. The lowest BCUT2D eigenvalue weighted by Gasteiger charge is -2.18. The maximum absolute atomic E-state index is 5.89. The van der Waals surface area contributed by atoms with Crippen LogP contribution in [-0.2, 0) is 14.2 Å². The molecule has 1 aromatic rings. The van der Waals surface area contributed by atoms with Crippen molar-refractivity contribution < 1.29 is 18.9 Å². The zero-order chi connectivity index (χ0) is 15.3. The van der Waals surface area contributed by atoms with E-state index in [0.717, 1.165) is 30.9 Å². The van der Waals surface area contributed by atoms with Crippen molar-refractivity contribution in [2.24, 2.45) is 0 Å². The largest absolute Gasteiger partial charge is 0.497 e. The van der Waals surface area contributed by atoms with Crippen molar-refractivity contribution in [1.29, 1.82) is 0 Å². The van der Waals surface area contributed by atoms with Crippen molar-refractivity contribution in [3.63, 3.8) is 0 Å². The fourth-order valence-electron chi connectivity index (χ4n) is 1.93. The Hall–Kier alpha value is -1.14. The number of hydrogen-bond acceptors (Lipinski definition) is 5. The average molecular weight is 297 g/mol. The minimum atomic E-state index is 0.0171. The van der Waals surface area contributed by atoms with Crippen molar-refractivity contribution in [3.8, 4) is 5.75 Å². The summed E-state index contributed by atoms with van der Waals surface area (Å²) in [4.78, 5) is 0. The average Bonchev–Trinajstić information content (AvgIpc) is 2.53. The minimum Gasteiger partial charge on any atom is -0.497 e. The molecule has 0 saturated carbocycles. The normalized spacial score (nSPS) is 12.3. The lowest BCUT2D eigenvalue weighted by molar-refractivity contribution is 0.00140. The summed E-state index contributed by atoms with van der Waals surface area (Å²) in [7, 11) is 5.28. The zero-order valence-electron chi connectivity index (χ0n) is 13.3. The number of methoxy groups -OCH3 is 2. The van der Waals surface area contributed by atoms with Gasteiger partial charge in [-0.15, -0.1) is 0 Å². The molecule has 5 heteroatoms. The van der Waals surface area contributed by atoms with Crippen LogP contribution >= 0.6 is 0 Å².